The fourth-order valence-electron chi connectivity index (χ4n) is 4.65. The Labute approximate surface area is 206 Å². The Morgan fingerprint density at radius 3 is 2.51 bits per heavy atom. The van der Waals surface area contributed by atoms with Gasteiger partial charge in [0.15, 0.2) is 0 Å². The van der Waals surface area contributed by atoms with Gasteiger partial charge in [-0.1, -0.05) is 60.7 Å². The number of nitrogens with one attached hydrogen (secondary N) is 1. The smallest absolute Gasteiger partial charge is 0.303 e. The number of aliphatic carboxylic acids is 1. The zero-order chi connectivity index (χ0) is 24.6. The third-order valence-corrected chi connectivity index (χ3v) is 6.59. The van der Waals surface area contributed by atoms with Crippen molar-refractivity contribution in [3.05, 3.63) is 107 Å². The van der Waals surface area contributed by atoms with E-state index >= 15 is 0 Å². The van der Waals surface area contributed by atoms with E-state index in [-0.39, 0.29) is 24.8 Å². The first-order chi connectivity index (χ1) is 17.0. The van der Waals surface area contributed by atoms with Crippen LogP contribution in [-0.4, -0.2) is 28.1 Å². The summed E-state index contributed by atoms with van der Waals surface area (Å²) in [6.07, 6.45) is 4.29. The third-order valence-electron chi connectivity index (χ3n) is 6.59. The van der Waals surface area contributed by atoms with Gasteiger partial charge in [0.25, 0.3) is 0 Å². The Bertz CT molecular complexity index is 1290. The fourth-order valence-corrected chi connectivity index (χ4v) is 4.65. The van der Waals surface area contributed by atoms with E-state index in [9.17, 15) is 14.7 Å². The van der Waals surface area contributed by atoms with Crippen molar-refractivity contribution in [2.75, 3.05) is 6.54 Å². The number of carbonyl (C=O) groups is 2. The number of benzene rings is 3. The highest BCUT2D eigenvalue weighted by molar-refractivity contribution is 5.84. The van der Waals surface area contributed by atoms with Crippen LogP contribution >= 0.6 is 0 Å². The SMILES string of the molecule is Cc1ccccc1CCNC(=O)Cn1ccc2cc(CC(CCC(=O)O)c3ccccc3)ccc21. The molecule has 3 aromatic carbocycles. The predicted octanol–water partition coefficient (Wildman–Crippen LogP) is 5.50. The Morgan fingerprint density at radius 2 is 1.74 bits per heavy atom. The molecule has 4 aromatic rings. The van der Waals surface area contributed by atoms with Crippen molar-refractivity contribution in [1.82, 2.24) is 9.88 Å². The summed E-state index contributed by atoms with van der Waals surface area (Å²) in [4.78, 5) is 23.7. The molecule has 0 aliphatic heterocycles. The molecule has 0 aliphatic rings. The summed E-state index contributed by atoms with van der Waals surface area (Å²) < 4.78 is 1.97. The summed E-state index contributed by atoms with van der Waals surface area (Å²) in [6, 6.07) is 26.7. The van der Waals surface area contributed by atoms with Crippen molar-refractivity contribution in [2.45, 2.75) is 45.1 Å². The Hall–Kier alpha value is -3.86. The molecule has 0 spiro atoms. The van der Waals surface area contributed by atoms with Crippen LogP contribution in [-0.2, 0) is 29.0 Å². The first-order valence-corrected chi connectivity index (χ1v) is 12.2. The number of rotatable bonds is 11. The van der Waals surface area contributed by atoms with Crippen LogP contribution in [0.2, 0.25) is 0 Å². The molecule has 1 amide bonds. The molecule has 180 valence electrons. The number of aromatic nitrogens is 1. The van der Waals surface area contributed by atoms with E-state index in [4.69, 9.17) is 0 Å². The minimum absolute atomic E-state index is 0.00188. The molecule has 0 bridgehead atoms. The Morgan fingerprint density at radius 1 is 0.971 bits per heavy atom. The van der Waals surface area contributed by atoms with E-state index in [0.717, 1.165) is 34.9 Å². The number of nitrogens with zero attached hydrogens (tertiary/aromatic N) is 1. The fraction of sp³-hybridized carbons (Fsp3) is 0.267. The minimum Gasteiger partial charge on any atom is -0.481 e. The predicted molar refractivity (Wildman–Crippen MR) is 140 cm³/mol. The normalized spacial score (nSPS) is 11.9. The van der Waals surface area contributed by atoms with Crippen molar-refractivity contribution in [3.8, 4) is 0 Å². The highest BCUT2D eigenvalue weighted by Crippen LogP contribution is 2.27. The maximum Gasteiger partial charge on any atom is 0.303 e. The standard InChI is InChI=1S/C30H32N2O3/c1-22-7-5-6-8-24(22)15-17-31-29(33)21-32-18-16-27-20-23(11-13-28(27)32)19-26(12-14-30(34)35)25-9-3-2-4-10-25/h2-11,13,16,18,20,26H,12,14-15,17,19,21H2,1H3,(H,31,33)(H,34,35). The van der Waals surface area contributed by atoms with E-state index in [1.54, 1.807) is 0 Å². The molecule has 4 rings (SSSR count). The van der Waals surface area contributed by atoms with Crippen LogP contribution in [0.15, 0.2) is 85.1 Å². The zero-order valence-electron chi connectivity index (χ0n) is 20.1. The average Bonchev–Trinajstić information content (AvgIpc) is 3.25. The molecule has 0 saturated carbocycles. The highest BCUT2D eigenvalue weighted by atomic mass is 16.4. The quantitative estimate of drug-likeness (QED) is 0.305. The molecule has 5 nitrogen and oxygen atoms in total. The van der Waals surface area contributed by atoms with Crippen molar-refractivity contribution in [3.63, 3.8) is 0 Å². The number of hydrogen-bond acceptors (Lipinski definition) is 2. The molecule has 0 fully saturated rings. The molecule has 1 aromatic heterocycles. The minimum atomic E-state index is -0.768. The Kier molecular flexibility index (Phi) is 7.99. The van der Waals surface area contributed by atoms with Crippen LogP contribution in [0, 0.1) is 6.92 Å². The second-order valence-corrected chi connectivity index (χ2v) is 9.11. The van der Waals surface area contributed by atoms with Gasteiger partial charge in [0.2, 0.25) is 5.91 Å². The van der Waals surface area contributed by atoms with Gasteiger partial charge in [-0.2, -0.15) is 0 Å². The first kappa shape index (κ1) is 24.3. The van der Waals surface area contributed by atoms with Crippen molar-refractivity contribution in [2.24, 2.45) is 0 Å². The second kappa shape index (κ2) is 11.5. The molecular weight excluding hydrogens is 436 g/mol. The summed E-state index contributed by atoms with van der Waals surface area (Å²) in [5.41, 5.74) is 5.84. The van der Waals surface area contributed by atoms with E-state index in [1.165, 1.54) is 11.1 Å². The average molecular weight is 469 g/mol. The van der Waals surface area contributed by atoms with Crippen molar-refractivity contribution < 1.29 is 14.7 Å². The largest absolute Gasteiger partial charge is 0.481 e. The van der Waals surface area contributed by atoms with Gasteiger partial charge >= 0.3 is 5.97 Å². The lowest BCUT2D eigenvalue weighted by Gasteiger charge is -2.17. The van der Waals surface area contributed by atoms with Gasteiger partial charge in [-0.15, -0.1) is 0 Å². The van der Waals surface area contributed by atoms with Crippen LogP contribution < -0.4 is 5.32 Å². The lowest BCUT2D eigenvalue weighted by atomic mass is 9.88. The molecule has 0 radical (unpaired) electrons. The third kappa shape index (κ3) is 6.60. The molecule has 1 unspecified atom stereocenters. The number of carboxylic acids is 1. The molecule has 1 heterocycles. The summed E-state index contributed by atoms with van der Waals surface area (Å²) >= 11 is 0. The summed E-state index contributed by atoms with van der Waals surface area (Å²) in [7, 11) is 0. The van der Waals surface area contributed by atoms with Gasteiger partial charge in [0.1, 0.15) is 6.54 Å². The van der Waals surface area contributed by atoms with Gasteiger partial charge in [-0.3, -0.25) is 9.59 Å². The monoisotopic (exact) mass is 468 g/mol. The lowest BCUT2D eigenvalue weighted by Crippen LogP contribution is -2.29. The van der Waals surface area contributed by atoms with Gasteiger partial charge in [-0.05, 0) is 77.9 Å². The highest BCUT2D eigenvalue weighted by Gasteiger charge is 2.15. The summed E-state index contributed by atoms with van der Waals surface area (Å²) in [5.74, 6) is -0.625. The van der Waals surface area contributed by atoms with Gasteiger partial charge in [-0.25, -0.2) is 0 Å². The summed E-state index contributed by atoms with van der Waals surface area (Å²) in [6.45, 7) is 2.98. The molecule has 0 aliphatic carbocycles. The second-order valence-electron chi connectivity index (χ2n) is 9.11. The number of carboxylic acid groups (broad SMARTS) is 1. The van der Waals surface area contributed by atoms with Crippen LogP contribution in [0.5, 0.6) is 0 Å². The zero-order valence-corrected chi connectivity index (χ0v) is 20.1. The van der Waals surface area contributed by atoms with Crippen molar-refractivity contribution in [1.29, 1.82) is 0 Å². The topological polar surface area (TPSA) is 71.3 Å². The van der Waals surface area contributed by atoms with Gasteiger partial charge in [0, 0.05) is 24.7 Å². The maximum atomic E-state index is 12.5. The van der Waals surface area contributed by atoms with E-state index in [0.29, 0.717) is 13.0 Å². The molecule has 1 atom stereocenters. The molecule has 2 N–H and O–H groups in total. The van der Waals surface area contributed by atoms with Crippen LogP contribution in [0.3, 0.4) is 0 Å². The van der Waals surface area contributed by atoms with E-state index in [1.807, 2.05) is 47.2 Å². The van der Waals surface area contributed by atoms with Crippen LogP contribution in [0.4, 0.5) is 0 Å². The first-order valence-electron chi connectivity index (χ1n) is 12.2. The number of carbonyl (C=O) groups excluding carboxylic acids is 1. The van der Waals surface area contributed by atoms with E-state index < -0.39 is 5.97 Å². The van der Waals surface area contributed by atoms with Gasteiger partial charge in [0.05, 0.1) is 0 Å². The maximum absolute atomic E-state index is 12.5. The van der Waals surface area contributed by atoms with Gasteiger partial charge < -0.3 is 15.0 Å². The summed E-state index contributed by atoms with van der Waals surface area (Å²) in [5, 5.41) is 13.3. The molecule has 35 heavy (non-hydrogen) atoms. The number of fused-ring (bicyclic) bond motifs is 1. The van der Waals surface area contributed by atoms with E-state index in [2.05, 4.69) is 54.7 Å². The molecular formula is C30H32N2O3. The molecule has 0 saturated heterocycles. The van der Waals surface area contributed by atoms with Crippen LogP contribution in [0.1, 0.15) is 41.0 Å². The van der Waals surface area contributed by atoms with Crippen molar-refractivity contribution >= 4 is 22.8 Å². The number of aryl methyl sites for hydroxylation is 1. The number of hydrogen-bond donors (Lipinski definition) is 2. The molecule has 5 heteroatoms. The number of amides is 1. The van der Waals surface area contributed by atoms with Crippen LogP contribution in [0.25, 0.3) is 10.9 Å². The Balaban J connectivity index is 1.39. The lowest BCUT2D eigenvalue weighted by molar-refractivity contribution is -0.137.